The first-order valence-electron chi connectivity index (χ1n) is 6.33. The maximum absolute atomic E-state index is 12.2. The van der Waals surface area contributed by atoms with Crippen molar-refractivity contribution < 1.29 is 13.2 Å². The van der Waals surface area contributed by atoms with E-state index in [1.54, 1.807) is 6.07 Å². The molecule has 0 saturated carbocycles. The molecule has 0 bridgehead atoms. The zero-order valence-electron chi connectivity index (χ0n) is 12.0. The zero-order chi connectivity index (χ0) is 15.6. The highest BCUT2D eigenvalue weighted by atomic mass is 32.2. The molecule has 0 fully saturated rings. The predicted molar refractivity (Wildman–Crippen MR) is 81.2 cm³/mol. The normalized spacial score (nSPS) is 11.2. The van der Waals surface area contributed by atoms with Gasteiger partial charge in [0.05, 0.1) is 11.9 Å². The van der Waals surface area contributed by atoms with Crippen molar-refractivity contribution >= 4 is 21.4 Å². The molecule has 6 heteroatoms. The average Bonchev–Trinajstić information content (AvgIpc) is 2.41. The van der Waals surface area contributed by atoms with Gasteiger partial charge in [0.2, 0.25) is 0 Å². The molecule has 5 nitrogen and oxygen atoms in total. The van der Waals surface area contributed by atoms with Crippen LogP contribution < -0.4 is 5.32 Å². The first-order valence-corrected chi connectivity index (χ1v) is 8.22. The lowest BCUT2D eigenvalue weighted by Crippen LogP contribution is -2.14. The minimum absolute atomic E-state index is 0.0211. The third-order valence-corrected chi connectivity index (χ3v) is 4.22. The third-order valence-electron chi connectivity index (χ3n) is 3.22. The van der Waals surface area contributed by atoms with Crippen LogP contribution in [-0.2, 0) is 9.84 Å². The summed E-state index contributed by atoms with van der Waals surface area (Å²) in [7, 11) is -3.34. The zero-order valence-corrected chi connectivity index (χ0v) is 12.9. The van der Waals surface area contributed by atoms with Crippen molar-refractivity contribution in [3.05, 3.63) is 53.2 Å². The van der Waals surface area contributed by atoms with Gasteiger partial charge in [0.15, 0.2) is 14.9 Å². The van der Waals surface area contributed by atoms with Gasteiger partial charge >= 0.3 is 0 Å². The van der Waals surface area contributed by atoms with Crippen LogP contribution in [0.25, 0.3) is 0 Å². The topological polar surface area (TPSA) is 76.1 Å². The molecule has 0 unspecified atom stereocenters. The molecule has 2 rings (SSSR count). The van der Waals surface area contributed by atoms with Gasteiger partial charge in [-0.3, -0.25) is 4.79 Å². The Balaban J connectivity index is 2.22. The van der Waals surface area contributed by atoms with Crippen molar-refractivity contribution in [3.63, 3.8) is 0 Å². The molecular weight excluding hydrogens is 288 g/mol. The van der Waals surface area contributed by atoms with Gasteiger partial charge in [0.25, 0.3) is 5.91 Å². The molecule has 0 aliphatic rings. The lowest BCUT2D eigenvalue weighted by Gasteiger charge is -2.09. The molecule has 2 aromatic rings. The molecular formula is C15H16N2O3S. The summed E-state index contributed by atoms with van der Waals surface area (Å²) >= 11 is 0. The van der Waals surface area contributed by atoms with Crippen LogP contribution in [-0.4, -0.2) is 25.6 Å². The van der Waals surface area contributed by atoms with Crippen LogP contribution >= 0.6 is 0 Å². The second-order valence-electron chi connectivity index (χ2n) is 4.86. The number of sulfone groups is 1. The summed E-state index contributed by atoms with van der Waals surface area (Å²) in [6, 6.07) is 8.40. The molecule has 1 N–H and O–H groups in total. The molecule has 21 heavy (non-hydrogen) atoms. The fourth-order valence-electron chi connectivity index (χ4n) is 1.87. The van der Waals surface area contributed by atoms with Gasteiger partial charge in [-0.25, -0.2) is 13.4 Å². The smallest absolute Gasteiger partial charge is 0.255 e. The number of pyridine rings is 1. The van der Waals surface area contributed by atoms with Gasteiger partial charge < -0.3 is 5.32 Å². The number of anilines is 1. The average molecular weight is 304 g/mol. The molecule has 0 atom stereocenters. The number of aromatic nitrogens is 1. The van der Waals surface area contributed by atoms with Crippen molar-refractivity contribution in [3.8, 4) is 0 Å². The highest BCUT2D eigenvalue weighted by Crippen LogP contribution is 2.16. The Morgan fingerprint density at radius 2 is 1.86 bits per heavy atom. The van der Waals surface area contributed by atoms with E-state index in [0.29, 0.717) is 11.3 Å². The minimum atomic E-state index is -3.34. The highest BCUT2D eigenvalue weighted by molar-refractivity contribution is 7.90. The predicted octanol–water partition coefficient (Wildman–Crippen LogP) is 2.35. The fourth-order valence-corrected chi connectivity index (χ4v) is 2.43. The number of nitrogens with one attached hydrogen (secondary N) is 1. The maximum Gasteiger partial charge on any atom is 0.255 e. The standard InChI is InChI=1S/C15H16N2O3S/c1-10-5-4-6-13(11(10)2)15(18)17-12-7-8-14(16-9-12)21(3,19)20/h4-9H,1-3H3,(H,17,18). The van der Waals surface area contributed by atoms with Gasteiger partial charge in [0, 0.05) is 11.8 Å². The van der Waals surface area contributed by atoms with E-state index in [9.17, 15) is 13.2 Å². The van der Waals surface area contributed by atoms with Gasteiger partial charge in [-0.05, 0) is 43.2 Å². The third kappa shape index (κ3) is 3.46. The van der Waals surface area contributed by atoms with Crippen LogP contribution in [0.15, 0.2) is 41.6 Å². The number of carbonyl (C=O) groups is 1. The first kappa shape index (κ1) is 15.2. The number of aryl methyl sites for hydroxylation is 1. The largest absolute Gasteiger partial charge is 0.321 e. The van der Waals surface area contributed by atoms with Crippen molar-refractivity contribution in [1.29, 1.82) is 0 Å². The van der Waals surface area contributed by atoms with E-state index in [1.165, 1.54) is 18.3 Å². The molecule has 0 spiro atoms. The van der Waals surface area contributed by atoms with Crippen molar-refractivity contribution in [1.82, 2.24) is 4.98 Å². The molecule has 110 valence electrons. The van der Waals surface area contributed by atoms with Gasteiger partial charge in [-0.2, -0.15) is 0 Å². The fraction of sp³-hybridized carbons (Fsp3) is 0.200. The number of carbonyl (C=O) groups excluding carboxylic acids is 1. The lowest BCUT2D eigenvalue weighted by molar-refractivity contribution is 0.102. The number of rotatable bonds is 3. The molecule has 0 saturated heterocycles. The van der Waals surface area contributed by atoms with Gasteiger partial charge in [-0.15, -0.1) is 0 Å². The van der Waals surface area contributed by atoms with Crippen molar-refractivity contribution in [2.24, 2.45) is 0 Å². The summed E-state index contributed by atoms with van der Waals surface area (Å²) in [6.07, 6.45) is 2.42. The van der Waals surface area contributed by atoms with E-state index in [4.69, 9.17) is 0 Å². The second-order valence-corrected chi connectivity index (χ2v) is 6.82. The Morgan fingerprint density at radius 3 is 2.43 bits per heavy atom. The van der Waals surface area contributed by atoms with Crippen LogP contribution in [0.1, 0.15) is 21.5 Å². The summed E-state index contributed by atoms with van der Waals surface area (Å²) in [5.74, 6) is -0.245. The Bertz CT molecular complexity index is 781. The van der Waals surface area contributed by atoms with Crippen LogP contribution in [0.3, 0.4) is 0 Å². The quantitative estimate of drug-likeness (QED) is 0.944. The van der Waals surface area contributed by atoms with E-state index in [-0.39, 0.29) is 10.9 Å². The Hall–Kier alpha value is -2.21. The van der Waals surface area contributed by atoms with Crippen LogP contribution in [0.5, 0.6) is 0 Å². The van der Waals surface area contributed by atoms with Crippen molar-refractivity contribution in [2.75, 3.05) is 11.6 Å². The molecule has 1 aromatic carbocycles. The summed E-state index contributed by atoms with van der Waals surface area (Å²) in [6.45, 7) is 3.82. The number of benzene rings is 1. The summed E-state index contributed by atoms with van der Waals surface area (Å²) < 4.78 is 22.6. The lowest BCUT2D eigenvalue weighted by atomic mass is 10.0. The van der Waals surface area contributed by atoms with E-state index >= 15 is 0 Å². The first-order chi connectivity index (χ1) is 9.79. The van der Waals surface area contributed by atoms with Crippen LogP contribution in [0.2, 0.25) is 0 Å². The molecule has 0 aliphatic heterocycles. The van der Waals surface area contributed by atoms with E-state index < -0.39 is 9.84 Å². The highest BCUT2D eigenvalue weighted by Gasteiger charge is 2.12. The van der Waals surface area contributed by atoms with Crippen LogP contribution in [0.4, 0.5) is 5.69 Å². The summed E-state index contributed by atoms with van der Waals surface area (Å²) in [5.41, 5.74) is 2.99. The molecule has 1 amide bonds. The van der Waals surface area contributed by atoms with Gasteiger partial charge in [-0.1, -0.05) is 12.1 Å². The van der Waals surface area contributed by atoms with E-state index in [0.717, 1.165) is 17.4 Å². The number of nitrogens with zero attached hydrogens (tertiary/aromatic N) is 1. The Labute approximate surface area is 124 Å². The molecule has 0 aliphatic carbocycles. The summed E-state index contributed by atoms with van der Waals surface area (Å²) in [5, 5.41) is 2.69. The minimum Gasteiger partial charge on any atom is -0.321 e. The van der Waals surface area contributed by atoms with Gasteiger partial charge in [0.1, 0.15) is 0 Å². The van der Waals surface area contributed by atoms with E-state index in [2.05, 4.69) is 10.3 Å². The van der Waals surface area contributed by atoms with E-state index in [1.807, 2.05) is 26.0 Å². The molecule has 1 aromatic heterocycles. The summed E-state index contributed by atoms with van der Waals surface area (Å²) in [4.78, 5) is 16.0. The number of hydrogen-bond acceptors (Lipinski definition) is 4. The van der Waals surface area contributed by atoms with Crippen LogP contribution in [0, 0.1) is 13.8 Å². The molecule has 1 heterocycles. The number of hydrogen-bond donors (Lipinski definition) is 1. The maximum atomic E-state index is 12.2. The van der Waals surface area contributed by atoms with Crippen molar-refractivity contribution in [2.45, 2.75) is 18.9 Å². The Morgan fingerprint density at radius 1 is 1.14 bits per heavy atom. The second kappa shape index (κ2) is 5.65. The molecule has 0 radical (unpaired) electrons. The monoisotopic (exact) mass is 304 g/mol. The Kier molecular flexibility index (Phi) is 4.09. The SMILES string of the molecule is Cc1cccc(C(=O)Nc2ccc(S(C)(=O)=O)nc2)c1C. The number of amides is 1.